The van der Waals surface area contributed by atoms with E-state index in [-0.39, 0.29) is 0 Å². The van der Waals surface area contributed by atoms with Crippen molar-refractivity contribution in [2.24, 2.45) is 5.92 Å². The number of rotatable bonds is 4. The van der Waals surface area contributed by atoms with Crippen LogP contribution in [0.25, 0.3) is 0 Å². The molecule has 1 aliphatic heterocycles. The fourth-order valence-corrected chi connectivity index (χ4v) is 3.53. The van der Waals surface area contributed by atoms with Crippen molar-refractivity contribution in [1.29, 1.82) is 0 Å². The Balaban J connectivity index is 1.85. The van der Waals surface area contributed by atoms with Crippen LogP contribution in [0, 0.1) is 5.92 Å². The van der Waals surface area contributed by atoms with E-state index in [0.717, 1.165) is 41.6 Å². The number of hydrogen-bond donors (Lipinski definition) is 1. The lowest BCUT2D eigenvalue weighted by Gasteiger charge is -2.36. The molecule has 0 bridgehead atoms. The summed E-state index contributed by atoms with van der Waals surface area (Å²) >= 11 is 10.0. The topological polar surface area (TPSA) is 15.3 Å². The Hall–Kier alpha value is -0.0900. The Morgan fingerprint density at radius 2 is 2.05 bits per heavy atom. The van der Waals surface area contributed by atoms with E-state index in [2.05, 4.69) is 32.2 Å². The summed E-state index contributed by atoms with van der Waals surface area (Å²) in [5.41, 5.74) is 1.30. The summed E-state index contributed by atoms with van der Waals surface area (Å²) in [7, 11) is 0. The highest BCUT2D eigenvalue weighted by atomic mass is 79.9. The number of piperazine rings is 1. The normalized spacial score (nSPS) is 22.4. The van der Waals surface area contributed by atoms with Crippen LogP contribution in [-0.4, -0.2) is 31.1 Å². The molecule has 3 rings (SSSR count). The Labute approximate surface area is 128 Å². The Morgan fingerprint density at radius 1 is 1.32 bits per heavy atom. The molecular formula is C15H20BrClN2. The third kappa shape index (κ3) is 3.52. The summed E-state index contributed by atoms with van der Waals surface area (Å²) in [5.74, 6) is 0.912. The smallest absolute Gasteiger partial charge is 0.0454 e. The minimum Gasteiger partial charge on any atom is -0.314 e. The van der Waals surface area contributed by atoms with E-state index >= 15 is 0 Å². The van der Waals surface area contributed by atoms with Crippen molar-refractivity contribution in [3.8, 4) is 0 Å². The van der Waals surface area contributed by atoms with Gasteiger partial charge in [0, 0.05) is 41.7 Å². The van der Waals surface area contributed by atoms with Crippen molar-refractivity contribution in [3.63, 3.8) is 0 Å². The molecule has 0 radical (unpaired) electrons. The van der Waals surface area contributed by atoms with Crippen LogP contribution in [0.4, 0.5) is 0 Å². The molecule has 19 heavy (non-hydrogen) atoms. The van der Waals surface area contributed by atoms with Gasteiger partial charge < -0.3 is 5.32 Å². The molecule has 0 spiro atoms. The van der Waals surface area contributed by atoms with E-state index in [0.29, 0.717) is 6.04 Å². The van der Waals surface area contributed by atoms with Gasteiger partial charge in [-0.2, -0.15) is 0 Å². The highest BCUT2D eigenvalue weighted by Crippen LogP contribution is 2.42. The number of hydrogen-bond acceptors (Lipinski definition) is 2. The van der Waals surface area contributed by atoms with Crippen LogP contribution in [0.1, 0.15) is 30.9 Å². The van der Waals surface area contributed by atoms with E-state index < -0.39 is 0 Å². The fourth-order valence-electron chi connectivity index (χ4n) is 2.91. The molecule has 1 saturated carbocycles. The highest BCUT2D eigenvalue weighted by Gasteiger charge is 2.31. The van der Waals surface area contributed by atoms with Gasteiger partial charge in [-0.05, 0) is 36.1 Å². The van der Waals surface area contributed by atoms with E-state index in [4.69, 9.17) is 11.6 Å². The maximum absolute atomic E-state index is 6.45. The van der Waals surface area contributed by atoms with Gasteiger partial charge in [-0.1, -0.05) is 40.4 Å². The lowest BCUT2D eigenvalue weighted by atomic mass is 9.98. The first-order valence-corrected chi connectivity index (χ1v) is 8.31. The average Bonchev–Trinajstić information content (AvgIpc) is 3.24. The van der Waals surface area contributed by atoms with Crippen molar-refractivity contribution in [3.05, 3.63) is 33.3 Å². The predicted molar refractivity (Wildman–Crippen MR) is 83.7 cm³/mol. The van der Waals surface area contributed by atoms with Crippen LogP contribution >= 0.6 is 27.5 Å². The SMILES string of the molecule is Clc1ccc(Br)cc1[C@@H](CC1CC1)N1CCNCC1. The second-order valence-corrected chi connectivity index (χ2v) is 6.97. The second kappa shape index (κ2) is 6.13. The largest absolute Gasteiger partial charge is 0.314 e. The maximum Gasteiger partial charge on any atom is 0.0454 e. The van der Waals surface area contributed by atoms with Crippen LogP contribution in [0.2, 0.25) is 5.02 Å². The molecule has 4 heteroatoms. The predicted octanol–water partition coefficient (Wildman–Crippen LogP) is 3.85. The number of nitrogens with zero attached hydrogens (tertiary/aromatic N) is 1. The summed E-state index contributed by atoms with van der Waals surface area (Å²) in [4.78, 5) is 2.60. The molecule has 1 aromatic rings. The van der Waals surface area contributed by atoms with Crippen LogP contribution in [0.15, 0.2) is 22.7 Å². The van der Waals surface area contributed by atoms with Crippen molar-refractivity contribution in [2.75, 3.05) is 26.2 Å². The Bertz CT molecular complexity index is 442. The molecule has 104 valence electrons. The average molecular weight is 344 g/mol. The van der Waals surface area contributed by atoms with Gasteiger partial charge in [0.1, 0.15) is 0 Å². The zero-order valence-corrected chi connectivity index (χ0v) is 13.4. The standard InChI is InChI=1S/C15H20BrClN2/c16-12-3-4-14(17)13(10-12)15(9-11-1-2-11)19-7-5-18-6-8-19/h3-4,10-11,15,18H,1-2,5-9H2/t15-/m1/s1. The minimum absolute atomic E-state index is 0.486. The zero-order valence-electron chi connectivity index (χ0n) is 11.0. The quantitative estimate of drug-likeness (QED) is 0.893. The van der Waals surface area contributed by atoms with E-state index in [1.807, 2.05) is 12.1 Å². The summed E-state index contributed by atoms with van der Waals surface area (Å²) in [5, 5.41) is 4.34. The number of nitrogens with one attached hydrogen (secondary N) is 1. The first-order valence-electron chi connectivity index (χ1n) is 7.14. The van der Waals surface area contributed by atoms with Crippen molar-refractivity contribution >= 4 is 27.5 Å². The lowest BCUT2D eigenvalue weighted by Crippen LogP contribution is -2.45. The van der Waals surface area contributed by atoms with Crippen LogP contribution in [-0.2, 0) is 0 Å². The summed E-state index contributed by atoms with van der Waals surface area (Å²) in [6.45, 7) is 4.43. The van der Waals surface area contributed by atoms with Gasteiger partial charge >= 0.3 is 0 Å². The third-order valence-corrected chi connectivity index (χ3v) is 5.00. The Kier molecular flexibility index (Phi) is 4.47. The van der Waals surface area contributed by atoms with E-state index in [9.17, 15) is 0 Å². The minimum atomic E-state index is 0.486. The van der Waals surface area contributed by atoms with Gasteiger partial charge in [-0.15, -0.1) is 0 Å². The zero-order chi connectivity index (χ0) is 13.2. The van der Waals surface area contributed by atoms with Crippen LogP contribution in [0.5, 0.6) is 0 Å². The van der Waals surface area contributed by atoms with E-state index in [1.165, 1.54) is 24.8 Å². The molecule has 0 unspecified atom stereocenters. The summed E-state index contributed by atoms with van der Waals surface area (Å²) in [6, 6.07) is 6.73. The molecule has 0 amide bonds. The summed E-state index contributed by atoms with van der Waals surface area (Å²) in [6.07, 6.45) is 4.05. The molecule has 2 aliphatic rings. The molecule has 1 heterocycles. The van der Waals surface area contributed by atoms with E-state index in [1.54, 1.807) is 0 Å². The lowest BCUT2D eigenvalue weighted by molar-refractivity contribution is 0.160. The first kappa shape index (κ1) is 13.9. The molecule has 0 aromatic heterocycles. The molecule has 2 fully saturated rings. The Morgan fingerprint density at radius 3 is 2.74 bits per heavy atom. The first-order chi connectivity index (χ1) is 9.24. The highest BCUT2D eigenvalue weighted by molar-refractivity contribution is 9.10. The maximum atomic E-state index is 6.45. The second-order valence-electron chi connectivity index (χ2n) is 5.65. The van der Waals surface area contributed by atoms with Gasteiger partial charge in [-0.25, -0.2) is 0 Å². The van der Waals surface area contributed by atoms with Gasteiger partial charge in [0.15, 0.2) is 0 Å². The van der Waals surface area contributed by atoms with Crippen molar-refractivity contribution < 1.29 is 0 Å². The third-order valence-electron chi connectivity index (χ3n) is 4.16. The summed E-state index contributed by atoms with van der Waals surface area (Å²) < 4.78 is 1.13. The molecule has 1 aromatic carbocycles. The molecule has 2 nitrogen and oxygen atoms in total. The van der Waals surface area contributed by atoms with Crippen molar-refractivity contribution in [2.45, 2.75) is 25.3 Å². The van der Waals surface area contributed by atoms with Gasteiger partial charge in [0.2, 0.25) is 0 Å². The van der Waals surface area contributed by atoms with Gasteiger partial charge in [-0.3, -0.25) is 4.90 Å². The van der Waals surface area contributed by atoms with Gasteiger partial charge in [0.05, 0.1) is 0 Å². The molecular weight excluding hydrogens is 324 g/mol. The van der Waals surface area contributed by atoms with Crippen LogP contribution < -0.4 is 5.32 Å². The monoisotopic (exact) mass is 342 g/mol. The van der Waals surface area contributed by atoms with Gasteiger partial charge in [0.25, 0.3) is 0 Å². The van der Waals surface area contributed by atoms with Crippen molar-refractivity contribution in [1.82, 2.24) is 10.2 Å². The number of halogens is 2. The fraction of sp³-hybridized carbons (Fsp3) is 0.600. The van der Waals surface area contributed by atoms with Crippen LogP contribution in [0.3, 0.4) is 0 Å². The molecule has 1 N–H and O–H groups in total. The number of benzene rings is 1. The molecule has 1 aliphatic carbocycles. The molecule has 1 saturated heterocycles. The molecule has 1 atom stereocenters.